The summed E-state index contributed by atoms with van der Waals surface area (Å²) < 4.78 is 19.2. The summed E-state index contributed by atoms with van der Waals surface area (Å²) in [5.41, 5.74) is 11.9. The highest BCUT2D eigenvalue weighted by Crippen LogP contribution is 2.34. The molecule has 18 heavy (non-hydrogen) atoms. The molecule has 0 aliphatic carbocycles. The molecule has 100 valence electrons. The second kappa shape index (κ2) is 5.63. The smallest absolute Gasteiger partial charge is 0.169 e. The summed E-state index contributed by atoms with van der Waals surface area (Å²) in [5, 5.41) is 2.94. The number of nitrogen functional groups attached to an aromatic ring is 2. The summed E-state index contributed by atoms with van der Waals surface area (Å²) in [7, 11) is 0. The number of ether oxygens (including phenoxy) is 1. The van der Waals surface area contributed by atoms with Crippen molar-refractivity contribution in [2.24, 2.45) is 5.92 Å². The van der Waals surface area contributed by atoms with Crippen LogP contribution >= 0.6 is 11.6 Å². The normalized spacial score (nSPS) is 16.8. The zero-order valence-electron chi connectivity index (χ0n) is 10.0. The predicted octanol–water partition coefficient (Wildman–Crippen LogP) is 2.48. The third-order valence-electron chi connectivity index (χ3n) is 3.17. The lowest BCUT2D eigenvalue weighted by molar-refractivity contribution is 0.0699. The van der Waals surface area contributed by atoms with Crippen LogP contribution in [0.4, 0.5) is 21.5 Å². The van der Waals surface area contributed by atoms with Crippen molar-refractivity contribution in [3.63, 3.8) is 0 Å². The molecule has 4 nitrogen and oxygen atoms in total. The number of rotatable bonds is 3. The minimum absolute atomic E-state index is 0.0846. The number of halogens is 2. The van der Waals surface area contributed by atoms with Crippen LogP contribution in [-0.4, -0.2) is 19.8 Å². The van der Waals surface area contributed by atoms with Crippen LogP contribution in [-0.2, 0) is 4.74 Å². The van der Waals surface area contributed by atoms with E-state index in [1.807, 2.05) is 0 Å². The summed E-state index contributed by atoms with van der Waals surface area (Å²) in [6.45, 7) is 2.17. The molecule has 0 aromatic heterocycles. The van der Waals surface area contributed by atoms with Gasteiger partial charge in [0.15, 0.2) is 5.82 Å². The average Bonchev–Trinajstić information content (AvgIpc) is 2.37. The van der Waals surface area contributed by atoms with E-state index in [0.717, 1.165) is 26.1 Å². The molecular weight excluding hydrogens is 257 g/mol. The van der Waals surface area contributed by atoms with Crippen molar-refractivity contribution < 1.29 is 9.13 Å². The van der Waals surface area contributed by atoms with Crippen LogP contribution in [0, 0.1) is 11.7 Å². The first-order valence-corrected chi connectivity index (χ1v) is 6.32. The molecule has 6 heteroatoms. The molecule has 0 saturated carbocycles. The van der Waals surface area contributed by atoms with Crippen LogP contribution in [0.15, 0.2) is 6.07 Å². The lowest BCUT2D eigenvalue weighted by atomic mass is 10.0. The van der Waals surface area contributed by atoms with Crippen LogP contribution in [0.1, 0.15) is 12.8 Å². The Morgan fingerprint density at radius 1 is 1.33 bits per heavy atom. The Balaban J connectivity index is 2.06. The van der Waals surface area contributed by atoms with Crippen LogP contribution in [0.5, 0.6) is 0 Å². The lowest BCUT2D eigenvalue weighted by Crippen LogP contribution is -2.23. The zero-order chi connectivity index (χ0) is 13.1. The molecule has 1 aromatic rings. The SMILES string of the molecule is Nc1cc(N)c(NCC2CCOCC2)c(F)c1Cl. The number of nitrogens with two attached hydrogens (primary N) is 2. The molecule has 1 saturated heterocycles. The van der Waals surface area contributed by atoms with Gasteiger partial charge in [0.05, 0.1) is 17.1 Å². The van der Waals surface area contributed by atoms with Crippen molar-refractivity contribution in [1.82, 2.24) is 0 Å². The van der Waals surface area contributed by atoms with Crippen molar-refractivity contribution in [3.05, 3.63) is 16.9 Å². The Kier molecular flexibility index (Phi) is 4.14. The van der Waals surface area contributed by atoms with Gasteiger partial charge in [-0.3, -0.25) is 0 Å². The van der Waals surface area contributed by atoms with E-state index in [4.69, 9.17) is 27.8 Å². The lowest BCUT2D eigenvalue weighted by Gasteiger charge is -2.23. The molecular formula is C12H17ClFN3O. The van der Waals surface area contributed by atoms with Crippen LogP contribution in [0.3, 0.4) is 0 Å². The minimum atomic E-state index is -0.582. The van der Waals surface area contributed by atoms with Crippen LogP contribution < -0.4 is 16.8 Å². The predicted molar refractivity (Wildman–Crippen MR) is 72.3 cm³/mol. The Morgan fingerprint density at radius 3 is 2.67 bits per heavy atom. The molecule has 1 heterocycles. The van der Waals surface area contributed by atoms with Gasteiger partial charge in [-0.25, -0.2) is 4.39 Å². The minimum Gasteiger partial charge on any atom is -0.397 e. The first kappa shape index (κ1) is 13.2. The van der Waals surface area contributed by atoms with Crippen molar-refractivity contribution in [3.8, 4) is 0 Å². The van der Waals surface area contributed by atoms with Crippen molar-refractivity contribution in [1.29, 1.82) is 0 Å². The van der Waals surface area contributed by atoms with E-state index in [1.54, 1.807) is 0 Å². The summed E-state index contributed by atoms with van der Waals surface area (Å²) in [4.78, 5) is 0. The molecule has 5 N–H and O–H groups in total. The van der Waals surface area contributed by atoms with Gasteiger partial charge >= 0.3 is 0 Å². The van der Waals surface area contributed by atoms with Crippen LogP contribution in [0.2, 0.25) is 5.02 Å². The largest absolute Gasteiger partial charge is 0.397 e. The maximum atomic E-state index is 13.9. The molecule has 1 aliphatic heterocycles. The Hall–Kier alpha value is -1.20. The van der Waals surface area contributed by atoms with Gasteiger partial charge in [0.2, 0.25) is 0 Å². The van der Waals surface area contributed by atoms with Gasteiger partial charge in [-0.05, 0) is 24.8 Å². The molecule has 0 spiro atoms. The first-order valence-electron chi connectivity index (χ1n) is 5.94. The summed E-state index contributed by atoms with van der Waals surface area (Å²) in [5.74, 6) is -0.116. The van der Waals surface area contributed by atoms with E-state index in [1.165, 1.54) is 6.07 Å². The van der Waals surface area contributed by atoms with Gasteiger partial charge in [-0.1, -0.05) is 11.6 Å². The van der Waals surface area contributed by atoms with Gasteiger partial charge < -0.3 is 21.5 Å². The molecule has 1 aliphatic rings. The number of anilines is 3. The van der Waals surface area contributed by atoms with Gasteiger partial charge in [0.25, 0.3) is 0 Å². The number of nitrogens with one attached hydrogen (secondary N) is 1. The average molecular weight is 274 g/mol. The Labute approximate surface area is 110 Å². The molecule has 2 rings (SSSR count). The third-order valence-corrected chi connectivity index (χ3v) is 3.56. The van der Waals surface area contributed by atoms with Gasteiger partial charge in [0.1, 0.15) is 5.02 Å². The van der Waals surface area contributed by atoms with E-state index < -0.39 is 5.82 Å². The molecule has 1 aromatic carbocycles. The monoisotopic (exact) mass is 273 g/mol. The standard InChI is InChI=1S/C12H17ClFN3O/c13-10-8(15)5-9(16)12(11(10)14)17-6-7-1-3-18-4-2-7/h5,7,17H,1-4,6,15-16H2. The third kappa shape index (κ3) is 2.79. The molecule has 1 fully saturated rings. The van der Waals surface area contributed by atoms with E-state index in [-0.39, 0.29) is 22.1 Å². The van der Waals surface area contributed by atoms with Crippen molar-refractivity contribution >= 4 is 28.7 Å². The topological polar surface area (TPSA) is 73.3 Å². The van der Waals surface area contributed by atoms with Gasteiger partial charge in [-0.2, -0.15) is 0 Å². The van der Waals surface area contributed by atoms with Crippen LogP contribution in [0.25, 0.3) is 0 Å². The van der Waals surface area contributed by atoms with Gasteiger partial charge in [0, 0.05) is 19.8 Å². The van der Waals surface area contributed by atoms with Crippen molar-refractivity contribution in [2.75, 3.05) is 36.5 Å². The fourth-order valence-electron chi connectivity index (χ4n) is 2.04. The molecule has 0 unspecified atom stereocenters. The molecule has 0 bridgehead atoms. The van der Waals surface area contributed by atoms with Gasteiger partial charge in [-0.15, -0.1) is 0 Å². The molecule has 0 atom stereocenters. The number of hydrogen-bond donors (Lipinski definition) is 3. The summed E-state index contributed by atoms with van der Waals surface area (Å²) >= 11 is 5.76. The fourth-order valence-corrected chi connectivity index (χ4v) is 2.19. The summed E-state index contributed by atoms with van der Waals surface area (Å²) in [6.07, 6.45) is 1.94. The molecule has 0 radical (unpaired) electrons. The Bertz CT molecular complexity index is 436. The first-order chi connectivity index (χ1) is 8.59. The highest BCUT2D eigenvalue weighted by Gasteiger charge is 2.17. The highest BCUT2D eigenvalue weighted by molar-refractivity contribution is 6.33. The quantitative estimate of drug-likeness (QED) is 0.740. The Morgan fingerprint density at radius 2 is 2.00 bits per heavy atom. The van der Waals surface area contributed by atoms with E-state index in [9.17, 15) is 4.39 Å². The van der Waals surface area contributed by atoms with E-state index >= 15 is 0 Å². The highest BCUT2D eigenvalue weighted by atomic mass is 35.5. The maximum absolute atomic E-state index is 13.9. The number of benzene rings is 1. The second-order valence-corrected chi connectivity index (χ2v) is 4.87. The maximum Gasteiger partial charge on any atom is 0.169 e. The number of hydrogen-bond acceptors (Lipinski definition) is 4. The van der Waals surface area contributed by atoms with E-state index in [0.29, 0.717) is 12.5 Å². The zero-order valence-corrected chi connectivity index (χ0v) is 10.8. The summed E-state index contributed by atoms with van der Waals surface area (Å²) in [6, 6.07) is 1.47. The fraction of sp³-hybridized carbons (Fsp3) is 0.500. The molecule has 0 amide bonds. The van der Waals surface area contributed by atoms with Crippen molar-refractivity contribution in [2.45, 2.75) is 12.8 Å². The second-order valence-electron chi connectivity index (χ2n) is 4.49. The van der Waals surface area contributed by atoms with E-state index in [2.05, 4.69) is 5.32 Å².